The van der Waals surface area contributed by atoms with E-state index < -0.39 is 0 Å². The molecule has 0 spiro atoms. The SMILES string of the molecule is CC(CNCc1nc(-c2ccccc2)cs1)Cn1ccnc1. The van der Waals surface area contributed by atoms with Crippen LogP contribution in [0.25, 0.3) is 11.3 Å². The predicted molar refractivity (Wildman–Crippen MR) is 90.6 cm³/mol. The molecule has 2 aromatic heterocycles. The molecule has 0 radical (unpaired) electrons. The lowest BCUT2D eigenvalue weighted by atomic mass is 10.2. The third kappa shape index (κ3) is 4.02. The van der Waals surface area contributed by atoms with Crippen molar-refractivity contribution < 1.29 is 0 Å². The lowest BCUT2D eigenvalue weighted by Crippen LogP contribution is -2.23. The van der Waals surface area contributed by atoms with Crippen LogP contribution in [0.15, 0.2) is 54.4 Å². The highest BCUT2D eigenvalue weighted by Gasteiger charge is 2.06. The maximum Gasteiger partial charge on any atom is 0.107 e. The van der Waals surface area contributed by atoms with Crippen LogP contribution >= 0.6 is 11.3 Å². The number of hydrogen-bond donors (Lipinski definition) is 1. The Balaban J connectivity index is 1.47. The van der Waals surface area contributed by atoms with Gasteiger partial charge in [0.05, 0.1) is 12.0 Å². The summed E-state index contributed by atoms with van der Waals surface area (Å²) in [5.74, 6) is 0.558. The first-order valence-electron chi connectivity index (χ1n) is 7.47. The zero-order chi connectivity index (χ0) is 15.2. The van der Waals surface area contributed by atoms with Crippen molar-refractivity contribution in [2.24, 2.45) is 5.92 Å². The van der Waals surface area contributed by atoms with Gasteiger partial charge in [-0.15, -0.1) is 11.3 Å². The molecule has 2 heterocycles. The Kier molecular flexibility index (Phi) is 4.98. The van der Waals surface area contributed by atoms with Crippen molar-refractivity contribution in [2.75, 3.05) is 6.54 Å². The normalized spacial score (nSPS) is 12.4. The molecule has 0 saturated carbocycles. The molecule has 0 aliphatic carbocycles. The lowest BCUT2D eigenvalue weighted by Gasteiger charge is -2.12. The maximum atomic E-state index is 4.69. The van der Waals surface area contributed by atoms with Crippen LogP contribution in [-0.2, 0) is 13.1 Å². The molecule has 0 fully saturated rings. The number of nitrogens with zero attached hydrogens (tertiary/aromatic N) is 3. The van der Waals surface area contributed by atoms with Gasteiger partial charge < -0.3 is 9.88 Å². The van der Waals surface area contributed by atoms with Crippen molar-refractivity contribution in [3.8, 4) is 11.3 Å². The van der Waals surface area contributed by atoms with Gasteiger partial charge in [-0.25, -0.2) is 9.97 Å². The largest absolute Gasteiger partial charge is 0.337 e. The van der Waals surface area contributed by atoms with Gasteiger partial charge in [0, 0.05) is 36.4 Å². The Bertz CT molecular complexity index is 676. The number of rotatable bonds is 7. The van der Waals surface area contributed by atoms with E-state index in [1.807, 2.05) is 36.9 Å². The van der Waals surface area contributed by atoms with Gasteiger partial charge in [0.25, 0.3) is 0 Å². The Morgan fingerprint density at radius 1 is 1.27 bits per heavy atom. The summed E-state index contributed by atoms with van der Waals surface area (Å²) in [6.07, 6.45) is 5.69. The van der Waals surface area contributed by atoms with Crippen LogP contribution in [0.5, 0.6) is 0 Å². The van der Waals surface area contributed by atoms with Crippen molar-refractivity contribution in [1.82, 2.24) is 19.9 Å². The minimum absolute atomic E-state index is 0.558. The zero-order valence-corrected chi connectivity index (χ0v) is 13.5. The van der Waals surface area contributed by atoms with Crippen LogP contribution in [0, 0.1) is 5.92 Å². The first-order chi connectivity index (χ1) is 10.8. The van der Waals surface area contributed by atoms with E-state index in [4.69, 9.17) is 4.98 Å². The topological polar surface area (TPSA) is 42.7 Å². The molecule has 0 amide bonds. The van der Waals surface area contributed by atoms with Gasteiger partial charge in [-0.05, 0) is 12.5 Å². The zero-order valence-electron chi connectivity index (χ0n) is 12.6. The predicted octanol–water partition coefficient (Wildman–Crippen LogP) is 3.43. The van der Waals surface area contributed by atoms with E-state index in [1.54, 1.807) is 11.3 Å². The second-order valence-electron chi connectivity index (χ2n) is 5.49. The average molecular weight is 312 g/mol. The molecule has 3 rings (SSSR count). The smallest absolute Gasteiger partial charge is 0.107 e. The summed E-state index contributed by atoms with van der Waals surface area (Å²) in [6, 6.07) is 10.3. The van der Waals surface area contributed by atoms with Gasteiger partial charge in [0.2, 0.25) is 0 Å². The van der Waals surface area contributed by atoms with Crippen LogP contribution in [0.4, 0.5) is 0 Å². The van der Waals surface area contributed by atoms with E-state index in [2.05, 4.69) is 39.3 Å². The molecular weight excluding hydrogens is 292 g/mol. The fourth-order valence-electron chi connectivity index (χ4n) is 2.38. The molecule has 4 nitrogen and oxygen atoms in total. The molecule has 0 aliphatic heterocycles. The highest BCUT2D eigenvalue weighted by molar-refractivity contribution is 7.09. The van der Waals surface area contributed by atoms with Gasteiger partial charge in [0.15, 0.2) is 0 Å². The van der Waals surface area contributed by atoms with E-state index in [0.717, 1.165) is 30.3 Å². The summed E-state index contributed by atoms with van der Waals surface area (Å²) >= 11 is 1.71. The first-order valence-corrected chi connectivity index (χ1v) is 8.35. The molecule has 1 atom stereocenters. The number of aromatic nitrogens is 3. The molecule has 1 unspecified atom stereocenters. The van der Waals surface area contributed by atoms with Gasteiger partial charge >= 0.3 is 0 Å². The molecule has 1 aromatic carbocycles. The second-order valence-corrected chi connectivity index (χ2v) is 6.43. The number of imidazole rings is 1. The third-order valence-corrected chi connectivity index (χ3v) is 4.32. The Morgan fingerprint density at radius 2 is 2.14 bits per heavy atom. The summed E-state index contributed by atoms with van der Waals surface area (Å²) in [4.78, 5) is 8.76. The summed E-state index contributed by atoms with van der Waals surface area (Å²) in [5.41, 5.74) is 2.24. The molecule has 5 heteroatoms. The van der Waals surface area contributed by atoms with Crippen LogP contribution in [0.3, 0.4) is 0 Å². The van der Waals surface area contributed by atoms with Crippen LogP contribution < -0.4 is 5.32 Å². The molecular formula is C17H20N4S. The van der Waals surface area contributed by atoms with Crippen molar-refractivity contribution >= 4 is 11.3 Å². The van der Waals surface area contributed by atoms with Gasteiger partial charge in [-0.2, -0.15) is 0 Å². The van der Waals surface area contributed by atoms with Crippen molar-refractivity contribution in [1.29, 1.82) is 0 Å². The summed E-state index contributed by atoms with van der Waals surface area (Å²) in [5, 5.41) is 6.75. The highest BCUT2D eigenvalue weighted by Crippen LogP contribution is 2.21. The monoisotopic (exact) mass is 312 g/mol. The fraction of sp³-hybridized carbons (Fsp3) is 0.294. The minimum Gasteiger partial charge on any atom is -0.337 e. The minimum atomic E-state index is 0.558. The third-order valence-electron chi connectivity index (χ3n) is 3.47. The number of hydrogen-bond acceptors (Lipinski definition) is 4. The van der Waals surface area contributed by atoms with E-state index in [1.165, 1.54) is 5.56 Å². The highest BCUT2D eigenvalue weighted by atomic mass is 32.1. The summed E-state index contributed by atoms with van der Waals surface area (Å²) in [6.45, 7) is 5.02. The molecule has 22 heavy (non-hydrogen) atoms. The number of thiazole rings is 1. The van der Waals surface area contributed by atoms with E-state index >= 15 is 0 Å². The Labute approximate surface area is 134 Å². The number of benzene rings is 1. The number of nitrogens with one attached hydrogen (secondary N) is 1. The summed E-state index contributed by atoms with van der Waals surface area (Å²) in [7, 11) is 0. The molecule has 0 aliphatic rings. The van der Waals surface area contributed by atoms with E-state index in [9.17, 15) is 0 Å². The van der Waals surface area contributed by atoms with Gasteiger partial charge in [0.1, 0.15) is 5.01 Å². The molecule has 3 aromatic rings. The van der Waals surface area contributed by atoms with Crippen molar-refractivity contribution in [2.45, 2.75) is 20.0 Å². The van der Waals surface area contributed by atoms with Gasteiger partial charge in [-0.1, -0.05) is 37.3 Å². The van der Waals surface area contributed by atoms with Crippen molar-refractivity contribution in [3.63, 3.8) is 0 Å². The lowest BCUT2D eigenvalue weighted by molar-refractivity contribution is 0.445. The standard InChI is InChI=1S/C17H20N4S/c1-14(11-21-8-7-18-13-21)9-19-10-17-20-16(12-22-17)15-5-3-2-4-6-15/h2-8,12-14,19H,9-11H2,1H3. The maximum absolute atomic E-state index is 4.69. The molecule has 0 bridgehead atoms. The van der Waals surface area contributed by atoms with Gasteiger partial charge in [-0.3, -0.25) is 0 Å². The van der Waals surface area contributed by atoms with Crippen molar-refractivity contribution in [3.05, 3.63) is 59.4 Å². The molecule has 1 N–H and O–H groups in total. The van der Waals surface area contributed by atoms with Crippen LogP contribution in [-0.4, -0.2) is 21.1 Å². The fourth-order valence-corrected chi connectivity index (χ4v) is 3.15. The molecule has 114 valence electrons. The van der Waals surface area contributed by atoms with Crippen LogP contribution in [0.2, 0.25) is 0 Å². The van der Waals surface area contributed by atoms with E-state index in [0.29, 0.717) is 5.92 Å². The molecule has 0 saturated heterocycles. The average Bonchev–Trinajstić information content (AvgIpc) is 3.20. The first kappa shape index (κ1) is 14.9. The second kappa shape index (κ2) is 7.33. The van der Waals surface area contributed by atoms with Crippen LogP contribution in [0.1, 0.15) is 11.9 Å². The summed E-state index contributed by atoms with van der Waals surface area (Å²) < 4.78 is 2.11. The Hall–Kier alpha value is -1.98. The van der Waals surface area contributed by atoms with E-state index in [-0.39, 0.29) is 0 Å². The Morgan fingerprint density at radius 3 is 2.91 bits per heavy atom. The quantitative estimate of drug-likeness (QED) is 0.727.